The van der Waals surface area contributed by atoms with E-state index in [0.717, 1.165) is 16.6 Å². The van der Waals surface area contributed by atoms with Crippen molar-refractivity contribution >= 4 is 22.5 Å². The molecule has 0 aliphatic rings. The Kier molecular flexibility index (Phi) is 3.66. The number of hydrogen-bond donors (Lipinski definition) is 1. The third-order valence-electron chi connectivity index (χ3n) is 3.65. The lowest BCUT2D eigenvalue weighted by Gasteiger charge is -2.09. The molecule has 0 radical (unpaired) electrons. The lowest BCUT2D eigenvalue weighted by molar-refractivity contribution is 0.836. The van der Waals surface area contributed by atoms with Gasteiger partial charge in [-0.2, -0.15) is 5.26 Å². The second kappa shape index (κ2) is 5.61. The SMILES string of the molecule is N#Cc1ccc(Cn2ccc3c(CN)cccc32)c(Cl)c1. The van der Waals surface area contributed by atoms with E-state index in [1.165, 1.54) is 5.39 Å². The van der Waals surface area contributed by atoms with Gasteiger partial charge in [-0.25, -0.2) is 0 Å². The van der Waals surface area contributed by atoms with Crippen LogP contribution in [0, 0.1) is 11.3 Å². The summed E-state index contributed by atoms with van der Waals surface area (Å²) >= 11 is 6.25. The molecule has 3 nitrogen and oxygen atoms in total. The lowest BCUT2D eigenvalue weighted by Crippen LogP contribution is -2.00. The molecular formula is C17H14ClN3. The molecule has 0 bridgehead atoms. The van der Waals surface area contributed by atoms with Crippen molar-refractivity contribution in [1.82, 2.24) is 4.57 Å². The van der Waals surface area contributed by atoms with Gasteiger partial charge in [-0.15, -0.1) is 0 Å². The van der Waals surface area contributed by atoms with E-state index >= 15 is 0 Å². The topological polar surface area (TPSA) is 54.7 Å². The van der Waals surface area contributed by atoms with Crippen LogP contribution in [0.3, 0.4) is 0 Å². The molecule has 0 unspecified atom stereocenters. The molecule has 2 aromatic carbocycles. The molecule has 1 aromatic heterocycles. The van der Waals surface area contributed by atoms with Gasteiger partial charge in [-0.3, -0.25) is 0 Å². The standard InChI is InChI=1S/C17H14ClN3/c18-16-8-12(9-19)4-5-14(16)11-21-7-6-15-13(10-20)2-1-3-17(15)21/h1-8H,10-11,20H2. The lowest BCUT2D eigenvalue weighted by atomic mass is 10.1. The first-order valence-corrected chi connectivity index (χ1v) is 7.06. The Balaban J connectivity index is 2.01. The molecule has 1 heterocycles. The van der Waals surface area contributed by atoms with Gasteiger partial charge in [0.25, 0.3) is 0 Å². The second-order valence-corrected chi connectivity index (χ2v) is 5.32. The molecule has 0 fully saturated rings. The fourth-order valence-corrected chi connectivity index (χ4v) is 2.77. The largest absolute Gasteiger partial charge is 0.343 e. The number of aromatic nitrogens is 1. The molecule has 0 saturated heterocycles. The van der Waals surface area contributed by atoms with Gasteiger partial charge in [0.15, 0.2) is 0 Å². The molecule has 0 saturated carbocycles. The van der Waals surface area contributed by atoms with Gasteiger partial charge in [-0.05, 0) is 35.4 Å². The van der Waals surface area contributed by atoms with E-state index in [-0.39, 0.29) is 0 Å². The molecule has 2 N–H and O–H groups in total. The number of hydrogen-bond acceptors (Lipinski definition) is 2. The minimum atomic E-state index is 0.527. The summed E-state index contributed by atoms with van der Waals surface area (Å²) in [4.78, 5) is 0. The van der Waals surface area contributed by atoms with Crippen LogP contribution in [0.4, 0.5) is 0 Å². The van der Waals surface area contributed by atoms with Gasteiger partial charge in [0.1, 0.15) is 0 Å². The highest BCUT2D eigenvalue weighted by Crippen LogP contribution is 2.24. The van der Waals surface area contributed by atoms with Gasteiger partial charge < -0.3 is 10.3 Å². The Labute approximate surface area is 128 Å². The fraction of sp³-hybridized carbons (Fsp3) is 0.118. The van der Waals surface area contributed by atoms with Crippen LogP contribution in [0.5, 0.6) is 0 Å². The molecule has 0 atom stereocenters. The maximum atomic E-state index is 8.88. The van der Waals surface area contributed by atoms with Crippen molar-refractivity contribution in [1.29, 1.82) is 5.26 Å². The van der Waals surface area contributed by atoms with E-state index in [2.05, 4.69) is 22.8 Å². The first-order chi connectivity index (χ1) is 10.2. The van der Waals surface area contributed by atoms with Crippen molar-refractivity contribution in [2.75, 3.05) is 0 Å². The molecule has 21 heavy (non-hydrogen) atoms. The summed E-state index contributed by atoms with van der Waals surface area (Å²) in [5.74, 6) is 0. The van der Waals surface area contributed by atoms with Crippen molar-refractivity contribution in [2.24, 2.45) is 5.73 Å². The summed E-state index contributed by atoms with van der Waals surface area (Å²) in [6.45, 7) is 1.20. The van der Waals surface area contributed by atoms with E-state index < -0.39 is 0 Å². The van der Waals surface area contributed by atoms with Gasteiger partial charge in [0.2, 0.25) is 0 Å². The van der Waals surface area contributed by atoms with Crippen molar-refractivity contribution < 1.29 is 0 Å². The minimum absolute atomic E-state index is 0.527. The fourth-order valence-electron chi connectivity index (χ4n) is 2.53. The summed E-state index contributed by atoms with van der Waals surface area (Å²) in [7, 11) is 0. The third-order valence-corrected chi connectivity index (χ3v) is 4.00. The van der Waals surface area contributed by atoms with Crippen LogP contribution in [-0.4, -0.2) is 4.57 Å². The number of fused-ring (bicyclic) bond motifs is 1. The summed E-state index contributed by atoms with van der Waals surface area (Å²) in [6.07, 6.45) is 2.04. The van der Waals surface area contributed by atoms with Crippen LogP contribution in [0.2, 0.25) is 5.02 Å². The summed E-state index contributed by atoms with van der Waals surface area (Å²) in [6, 6.07) is 15.7. The van der Waals surface area contributed by atoms with Gasteiger partial charge >= 0.3 is 0 Å². The predicted octanol–water partition coefficient (Wildman–Crippen LogP) is 3.67. The molecule has 3 rings (SSSR count). The molecule has 0 aliphatic carbocycles. The van der Waals surface area contributed by atoms with Crippen LogP contribution >= 0.6 is 11.6 Å². The molecule has 0 amide bonds. The van der Waals surface area contributed by atoms with Crippen LogP contribution in [-0.2, 0) is 13.1 Å². The number of halogens is 1. The zero-order valence-corrected chi connectivity index (χ0v) is 12.1. The number of rotatable bonds is 3. The van der Waals surface area contributed by atoms with Crippen molar-refractivity contribution in [2.45, 2.75) is 13.1 Å². The maximum Gasteiger partial charge on any atom is 0.0992 e. The highest BCUT2D eigenvalue weighted by Gasteiger charge is 2.07. The Morgan fingerprint density at radius 3 is 2.71 bits per heavy atom. The summed E-state index contributed by atoms with van der Waals surface area (Å²) in [5, 5.41) is 10.7. The summed E-state index contributed by atoms with van der Waals surface area (Å²) < 4.78 is 2.14. The average Bonchev–Trinajstić information content (AvgIpc) is 2.92. The van der Waals surface area contributed by atoms with Crippen molar-refractivity contribution in [3.63, 3.8) is 0 Å². The number of nitrogens with zero attached hydrogens (tertiary/aromatic N) is 2. The Morgan fingerprint density at radius 2 is 2.00 bits per heavy atom. The summed E-state index contributed by atoms with van der Waals surface area (Å²) in [5.41, 5.74) is 9.61. The first-order valence-electron chi connectivity index (χ1n) is 6.68. The third kappa shape index (κ3) is 2.52. The van der Waals surface area contributed by atoms with Gasteiger partial charge in [0, 0.05) is 35.2 Å². The van der Waals surface area contributed by atoms with Crippen LogP contribution < -0.4 is 5.73 Å². The zero-order valence-electron chi connectivity index (χ0n) is 11.4. The van der Waals surface area contributed by atoms with Crippen LogP contribution in [0.1, 0.15) is 16.7 Å². The first kappa shape index (κ1) is 13.7. The monoisotopic (exact) mass is 295 g/mol. The Morgan fingerprint density at radius 1 is 1.14 bits per heavy atom. The number of nitrogens with two attached hydrogens (primary N) is 1. The quantitative estimate of drug-likeness (QED) is 0.801. The van der Waals surface area contributed by atoms with Crippen LogP contribution in [0.25, 0.3) is 10.9 Å². The van der Waals surface area contributed by atoms with E-state index in [9.17, 15) is 0 Å². The molecule has 3 aromatic rings. The molecule has 0 aliphatic heterocycles. The van der Waals surface area contributed by atoms with E-state index in [4.69, 9.17) is 22.6 Å². The van der Waals surface area contributed by atoms with Crippen molar-refractivity contribution in [3.05, 3.63) is 70.4 Å². The van der Waals surface area contributed by atoms with E-state index in [1.54, 1.807) is 12.1 Å². The molecule has 4 heteroatoms. The number of nitriles is 1. The number of benzene rings is 2. The Hall–Kier alpha value is -2.28. The highest BCUT2D eigenvalue weighted by molar-refractivity contribution is 6.31. The second-order valence-electron chi connectivity index (χ2n) is 4.92. The van der Waals surface area contributed by atoms with Gasteiger partial charge in [-0.1, -0.05) is 29.8 Å². The Bertz CT molecular complexity index is 843. The zero-order chi connectivity index (χ0) is 14.8. The molecular weight excluding hydrogens is 282 g/mol. The predicted molar refractivity (Wildman–Crippen MR) is 85.1 cm³/mol. The molecule has 0 spiro atoms. The normalized spacial score (nSPS) is 10.7. The smallest absolute Gasteiger partial charge is 0.0992 e. The van der Waals surface area contributed by atoms with Crippen molar-refractivity contribution in [3.8, 4) is 6.07 Å². The minimum Gasteiger partial charge on any atom is -0.343 e. The highest BCUT2D eigenvalue weighted by atomic mass is 35.5. The average molecular weight is 296 g/mol. The van der Waals surface area contributed by atoms with Gasteiger partial charge in [0.05, 0.1) is 11.6 Å². The van der Waals surface area contributed by atoms with E-state index in [0.29, 0.717) is 23.7 Å². The van der Waals surface area contributed by atoms with Crippen LogP contribution in [0.15, 0.2) is 48.7 Å². The van der Waals surface area contributed by atoms with E-state index in [1.807, 2.05) is 24.4 Å². The molecule has 104 valence electrons. The maximum absolute atomic E-state index is 8.88.